The molecule has 2 N–H and O–H groups in total. The summed E-state index contributed by atoms with van der Waals surface area (Å²) in [6.07, 6.45) is 0.467. The van der Waals surface area contributed by atoms with Crippen molar-refractivity contribution in [3.8, 4) is 5.75 Å². The van der Waals surface area contributed by atoms with E-state index in [2.05, 4.69) is 10.6 Å². The van der Waals surface area contributed by atoms with Crippen molar-refractivity contribution in [2.75, 3.05) is 24.7 Å². The smallest absolute Gasteiger partial charge is 0.315 e. The topological polar surface area (TPSA) is 84.5 Å². The van der Waals surface area contributed by atoms with Crippen molar-refractivity contribution in [3.05, 3.63) is 29.3 Å². The lowest BCUT2D eigenvalue weighted by molar-refractivity contribution is 0.233. The van der Waals surface area contributed by atoms with Crippen LogP contribution < -0.4 is 15.4 Å². The van der Waals surface area contributed by atoms with E-state index in [1.165, 1.54) is 0 Å². The Bertz CT molecular complexity index is 606. The summed E-state index contributed by atoms with van der Waals surface area (Å²) in [6, 6.07) is 6.30. The van der Waals surface area contributed by atoms with Crippen LogP contribution in [0.2, 0.25) is 5.02 Å². The Morgan fingerprint density at radius 2 is 2.24 bits per heavy atom. The Labute approximate surface area is 128 Å². The summed E-state index contributed by atoms with van der Waals surface area (Å²) in [7, 11) is -2.99. The molecule has 21 heavy (non-hydrogen) atoms. The molecule has 1 fully saturated rings. The van der Waals surface area contributed by atoms with Gasteiger partial charge in [0.25, 0.3) is 0 Å². The predicted molar refractivity (Wildman–Crippen MR) is 80.5 cm³/mol. The lowest BCUT2D eigenvalue weighted by Crippen LogP contribution is -2.43. The molecular weight excluding hydrogens is 316 g/mol. The van der Waals surface area contributed by atoms with Crippen LogP contribution in [0.15, 0.2) is 24.3 Å². The van der Waals surface area contributed by atoms with Crippen LogP contribution in [0.4, 0.5) is 4.79 Å². The number of sulfone groups is 1. The average molecular weight is 333 g/mol. The summed E-state index contributed by atoms with van der Waals surface area (Å²) in [6.45, 7) is 0.620. The molecule has 1 aliphatic rings. The van der Waals surface area contributed by atoms with E-state index in [1.807, 2.05) is 0 Å². The molecule has 1 aliphatic heterocycles. The molecule has 0 aliphatic carbocycles. The molecule has 0 saturated carbocycles. The van der Waals surface area contributed by atoms with Gasteiger partial charge >= 0.3 is 6.03 Å². The molecule has 2 amide bonds. The molecule has 1 heterocycles. The Hall–Kier alpha value is -1.47. The molecule has 1 aromatic rings. The molecule has 6 nitrogen and oxygen atoms in total. The quantitative estimate of drug-likeness (QED) is 0.794. The number of carbonyl (C=O) groups excluding carboxylic acids is 1. The molecule has 1 saturated heterocycles. The van der Waals surface area contributed by atoms with E-state index in [0.29, 0.717) is 30.3 Å². The van der Waals surface area contributed by atoms with E-state index < -0.39 is 9.84 Å². The molecule has 0 unspecified atom stereocenters. The van der Waals surface area contributed by atoms with Crippen molar-refractivity contribution in [1.29, 1.82) is 0 Å². The fourth-order valence-corrected chi connectivity index (χ4v) is 3.89. The minimum absolute atomic E-state index is 0.0133. The van der Waals surface area contributed by atoms with Crippen molar-refractivity contribution in [1.82, 2.24) is 10.6 Å². The van der Waals surface area contributed by atoms with E-state index in [9.17, 15) is 13.2 Å². The van der Waals surface area contributed by atoms with Gasteiger partial charge in [0.15, 0.2) is 9.84 Å². The summed E-state index contributed by atoms with van der Waals surface area (Å²) < 4.78 is 27.9. The fourth-order valence-electron chi connectivity index (χ4n) is 2.04. The number of amides is 2. The number of nitrogens with one attached hydrogen (secondary N) is 2. The van der Waals surface area contributed by atoms with Gasteiger partial charge in [0, 0.05) is 11.1 Å². The lowest BCUT2D eigenvalue weighted by Gasteiger charge is -2.12. The maximum atomic E-state index is 11.6. The zero-order valence-corrected chi connectivity index (χ0v) is 12.9. The Morgan fingerprint density at radius 3 is 2.90 bits per heavy atom. The van der Waals surface area contributed by atoms with Crippen molar-refractivity contribution in [2.45, 2.75) is 12.5 Å². The van der Waals surface area contributed by atoms with Crippen molar-refractivity contribution < 1.29 is 17.9 Å². The third-order valence-electron chi connectivity index (χ3n) is 3.02. The Balaban J connectivity index is 1.64. The molecule has 0 aromatic heterocycles. The number of ether oxygens (including phenoxy) is 1. The number of carbonyl (C=O) groups is 1. The normalized spacial score (nSPS) is 20.0. The monoisotopic (exact) mass is 332 g/mol. The van der Waals surface area contributed by atoms with Crippen LogP contribution >= 0.6 is 11.6 Å². The van der Waals surface area contributed by atoms with Gasteiger partial charge < -0.3 is 15.4 Å². The molecule has 2 rings (SSSR count). The van der Waals surface area contributed by atoms with E-state index in [-0.39, 0.29) is 23.6 Å². The summed E-state index contributed by atoms with van der Waals surface area (Å²) in [5.74, 6) is 0.779. The highest BCUT2D eigenvalue weighted by Gasteiger charge is 2.28. The van der Waals surface area contributed by atoms with Crippen molar-refractivity contribution >= 4 is 27.5 Å². The molecule has 1 aromatic carbocycles. The number of halogens is 1. The number of urea groups is 1. The van der Waals surface area contributed by atoms with E-state index in [0.717, 1.165) is 0 Å². The van der Waals surface area contributed by atoms with Gasteiger partial charge in [0.2, 0.25) is 0 Å². The molecule has 0 radical (unpaired) electrons. The van der Waals surface area contributed by atoms with Crippen molar-refractivity contribution in [3.63, 3.8) is 0 Å². The first-order chi connectivity index (χ1) is 9.94. The fraction of sp³-hybridized carbons (Fsp3) is 0.462. The molecule has 116 valence electrons. The minimum atomic E-state index is -2.99. The molecule has 0 spiro atoms. The summed E-state index contributed by atoms with van der Waals surface area (Å²) in [5.41, 5.74) is 0. The maximum absolute atomic E-state index is 11.6. The second-order valence-electron chi connectivity index (χ2n) is 4.81. The van der Waals surface area contributed by atoms with E-state index in [4.69, 9.17) is 16.3 Å². The SMILES string of the molecule is O=C(NCCOc1cccc(Cl)c1)N[C@@H]1CCS(=O)(=O)C1. The van der Waals surface area contributed by atoms with Crippen LogP contribution in [0, 0.1) is 0 Å². The van der Waals surface area contributed by atoms with Gasteiger partial charge in [-0.1, -0.05) is 17.7 Å². The highest BCUT2D eigenvalue weighted by molar-refractivity contribution is 7.91. The zero-order valence-electron chi connectivity index (χ0n) is 11.3. The number of benzene rings is 1. The second-order valence-corrected chi connectivity index (χ2v) is 7.47. The summed E-state index contributed by atoms with van der Waals surface area (Å²) in [4.78, 5) is 11.6. The molecule has 1 atom stereocenters. The maximum Gasteiger partial charge on any atom is 0.315 e. The van der Waals surface area contributed by atoms with Crippen LogP contribution in [0.1, 0.15) is 6.42 Å². The number of hydrogen-bond acceptors (Lipinski definition) is 4. The standard InChI is InChI=1S/C13H17ClN2O4S/c14-10-2-1-3-12(8-10)20-6-5-15-13(17)16-11-4-7-21(18,19)9-11/h1-3,8,11H,4-7,9H2,(H2,15,16,17)/t11-/m1/s1. The van der Waals surface area contributed by atoms with Crippen LogP contribution in [-0.4, -0.2) is 45.1 Å². The van der Waals surface area contributed by atoms with Crippen LogP contribution in [-0.2, 0) is 9.84 Å². The zero-order chi connectivity index (χ0) is 15.3. The lowest BCUT2D eigenvalue weighted by atomic mass is 10.3. The average Bonchev–Trinajstić information content (AvgIpc) is 2.74. The van der Waals surface area contributed by atoms with E-state index >= 15 is 0 Å². The van der Waals surface area contributed by atoms with E-state index in [1.54, 1.807) is 24.3 Å². The highest BCUT2D eigenvalue weighted by atomic mass is 35.5. The van der Waals surface area contributed by atoms with Crippen LogP contribution in [0.25, 0.3) is 0 Å². The highest BCUT2D eigenvalue weighted by Crippen LogP contribution is 2.16. The van der Waals surface area contributed by atoms with Gasteiger partial charge in [0.1, 0.15) is 12.4 Å². The van der Waals surface area contributed by atoms with Gasteiger partial charge in [-0.05, 0) is 24.6 Å². The number of rotatable bonds is 5. The van der Waals surface area contributed by atoms with Crippen LogP contribution in [0.5, 0.6) is 5.75 Å². The van der Waals surface area contributed by atoms with Gasteiger partial charge in [0.05, 0.1) is 18.1 Å². The first-order valence-corrected chi connectivity index (χ1v) is 8.78. The third kappa shape index (κ3) is 5.43. The first-order valence-electron chi connectivity index (χ1n) is 6.58. The van der Waals surface area contributed by atoms with Gasteiger partial charge in [-0.25, -0.2) is 13.2 Å². The van der Waals surface area contributed by atoms with Gasteiger partial charge in [-0.3, -0.25) is 0 Å². The third-order valence-corrected chi connectivity index (χ3v) is 5.02. The predicted octanol–water partition coefficient (Wildman–Crippen LogP) is 1.21. The largest absolute Gasteiger partial charge is 0.492 e. The van der Waals surface area contributed by atoms with Gasteiger partial charge in [-0.15, -0.1) is 0 Å². The molecule has 8 heteroatoms. The molecule has 0 bridgehead atoms. The first kappa shape index (κ1) is 15.9. The second kappa shape index (κ2) is 7.00. The summed E-state index contributed by atoms with van der Waals surface area (Å²) >= 11 is 5.82. The Kier molecular flexibility index (Phi) is 5.30. The molecular formula is C13H17ClN2O4S. The van der Waals surface area contributed by atoms with Crippen molar-refractivity contribution in [2.24, 2.45) is 0 Å². The van der Waals surface area contributed by atoms with Gasteiger partial charge in [-0.2, -0.15) is 0 Å². The summed E-state index contributed by atoms with van der Waals surface area (Å²) in [5, 5.41) is 5.84. The number of hydrogen-bond donors (Lipinski definition) is 2. The minimum Gasteiger partial charge on any atom is -0.492 e. The Morgan fingerprint density at radius 1 is 1.43 bits per heavy atom. The van der Waals surface area contributed by atoms with Crippen LogP contribution in [0.3, 0.4) is 0 Å².